The van der Waals surface area contributed by atoms with Crippen molar-refractivity contribution >= 4 is 17.1 Å². The van der Waals surface area contributed by atoms with Crippen molar-refractivity contribution in [3.05, 3.63) is 84.0 Å². The molecule has 0 radical (unpaired) electrons. The zero-order valence-corrected chi connectivity index (χ0v) is 12.7. The maximum Gasteiger partial charge on any atom is 0.192 e. The Balaban J connectivity index is 1.82. The molecule has 1 aromatic heterocycles. The molecule has 1 N–H and O–H groups in total. The van der Waals surface area contributed by atoms with Crippen LogP contribution in [0.25, 0.3) is 0 Å². The Bertz CT molecular complexity index is 845. The van der Waals surface area contributed by atoms with Gasteiger partial charge >= 0.3 is 0 Å². The van der Waals surface area contributed by atoms with Crippen LogP contribution in [0.3, 0.4) is 0 Å². The number of hydrogen-bond donors (Lipinski definition) is 1. The second kappa shape index (κ2) is 6.70. The molecule has 1 heterocycles. The van der Waals surface area contributed by atoms with Crippen molar-refractivity contribution < 1.29 is 5.21 Å². The molecule has 1 aliphatic carbocycles. The van der Waals surface area contributed by atoms with E-state index < -0.39 is 0 Å². The summed E-state index contributed by atoms with van der Waals surface area (Å²) in [5.41, 5.74) is 3.70. The van der Waals surface area contributed by atoms with Gasteiger partial charge in [-0.3, -0.25) is 0 Å². The van der Waals surface area contributed by atoms with E-state index in [1.165, 1.54) is 6.20 Å². The van der Waals surface area contributed by atoms with Gasteiger partial charge < -0.3 is 5.21 Å². The number of aliphatic imine (C=N–C) groups is 1. The number of para-hydroxylation sites is 1. The molecule has 0 saturated heterocycles. The fraction of sp³-hybridized carbons (Fsp3) is 0.0556. The van der Waals surface area contributed by atoms with Gasteiger partial charge in [-0.2, -0.15) is 4.73 Å². The highest BCUT2D eigenvalue weighted by Crippen LogP contribution is 2.12. The lowest BCUT2D eigenvalue weighted by Gasteiger charge is -2.02. The molecule has 2 aromatic rings. The molecule has 114 valence electrons. The lowest BCUT2D eigenvalue weighted by atomic mass is 10.1. The van der Waals surface area contributed by atoms with Crippen LogP contribution < -0.4 is 5.49 Å². The standard InChI is InChI=1S/C18H16N4O/c1-14-6-5-13-22(23)18(14)21-20-17-11-9-16(10-12-17)19-15-7-3-2-4-8-15/h2-13,23H,1H3. The molecule has 0 unspecified atom stereocenters. The van der Waals surface area contributed by atoms with Crippen molar-refractivity contribution in [1.82, 2.24) is 4.73 Å². The van der Waals surface area contributed by atoms with E-state index in [0.717, 1.165) is 21.7 Å². The molecule has 0 fully saturated rings. The SMILES string of the molecule is Cc1cccn(O)c1=NN=C1C=CC(=Nc2ccccc2)C=C1. The largest absolute Gasteiger partial charge is 0.427 e. The lowest BCUT2D eigenvalue weighted by Crippen LogP contribution is -2.20. The molecule has 0 spiro atoms. The summed E-state index contributed by atoms with van der Waals surface area (Å²) in [6.07, 6.45) is 8.96. The Morgan fingerprint density at radius 2 is 1.52 bits per heavy atom. The fourth-order valence-corrected chi connectivity index (χ4v) is 2.07. The molecule has 5 heteroatoms. The topological polar surface area (TPSA) is 62.2 Å². The highest BCUT2D eigenvalue weighted by molar-refractivity contribution is 6.18. The van der Waals surface area contributed by atoms with Crippen molar-refractivity contribution in [3.8, 4) is 0 Å². The van der Waals surface area contributed by atoms with Gasteiger partial charge in [0.25, 0.3) is 0 Å². The average Bonchev–Trinajstić information content (AvgIpc) is 2.57. The second-order valence-electron chi connectivity index (χ2n) is 5.02. The van der Waals surface area contributed by atoms with Gasteiger partial charge in [0, 0.05) is 6.20 Å². The van der Waals surface area contributed by atoms with Gasteiger partial charge in [-0.25, -0.2) is 4.99 Å². The molecule has 0 atom stereocenters. The molecular weight excluding hydrogens is 288 g/mol. The summed E-state index contributed by atoms with van der Waals surface area (Å²) in [5.74, 6) is 0. The Hall–Kier alpha value is -3.21. The maximum absolute atomic E-state index is 9.73. The van der Waals surface area contributed by atoms with Crippen LogP contribution in [0, 0.1) is 6.92 Å². The van der Waals surface area contributed by atoms with Crippen LogP contribution in [0.15, 0.2) is 88.2 Å². The van der Waals surface area contributed by atoms with Gasteiger partial charge in [-0.1, -0.05) is 24.3 Å². The molecule has 0 bridgehead atoms. The van der Waals surface area contributed by atoms with Crippen LogP contribution in [0.5, 0.6) is 0 Å². The van der Waals surface area contributed by atoms with E-state index in [2.05, 4.69) is 15.2 Å². The van der Waals surface area contributed by atoms with Crippen LogP contribution in [0.4, 0.5) is 5.69 Å². The highest BCUT2D eigenvalue weighted by Gasteiger charge is 2.00. The fourth-order valence-electron chi connectivity index (χ4n) is 2.07. The van der Waals surface area contributed by atoms with Crippen LogP contribution in [0.2, 0.25) is 0 Å². The third-order valence-corrected chi connectivity index (χ3v) is 3.27. The minimum Gasteiger partial charge on any atom is -0.427 e. The molecule has 1 aromatic carbocycles. The summed E-state index contributed by atoms with van der Waals surface area (Å²) < 4.78 is 0.956. The van der Waals surface area contributed by atoms with E-state index in [4.69, 9.17) is 0 Å². The van der Waals surface area contributed by atoms with Gasteiger partial charge in [0.15, 0.2) is 5.49 Å². The average molecular weight is 304 g/mol. The molecular formula is C18H16N4O. The number of hydrogen-bond acceptors (Lipinski definition) is 4. The molecule has 0 saturated carbocycles. The van der Waals surface area contributed by atoms with Crippen LogP contribution >= 0.6 is 0 Å². The lowest BCUT2D eigenvalue weighted by molar-refractivity contribution is 0.171. The van der Waals surface area contributed by atoms with Gasteiger partial charge in [0.05, 0.1) is 17.1 Å². The van der Waals surface area contributed by atoms with Crippen molar-refractivity contribution in [3.63, 3.8) is 0 Å². The number of rotatable bonds is 2. The van der Waals surface area contributed by atoms with E-state index in [9.17, 15) is 5.21 Å². The summed E-state index contributed by atoms with van der Waals surface area (Å²) >= 11 is 0. The molecule has 3 rings (SSSR count). The summed E-state index contributed by atoms with van der Waals surface area (Å²) in [6.45, 7) is 1.86. The molecule has 0 aliphatic heterocycles. The number of benzene rings is 1. The Morgan fingerprint density at radius 3 is 2.22 bits per heavy atom. The summed E-state index contributed by atoms with van der Waals surface area (Å²) in [6, 6.07) is 13.4. The van der Waals surface area contributed by atoms with E-state index >= 15 is 0 Å². The third-order valence-electron chi connectivity index (χ3n) is 3.27. The smallest absolute Gasteiger partial charge is 0.192 e. The molecule has 5 nitrogen and oxygen atoms in total. The zero-order valence-electron chi connectivity index (χ0n) is 12.7. The first kappa shape index (κ1) is 14.7. The number of aromatic nitrogens is 1. The third kappa shape index (κ3) is 3.71. The minimum absolute atomic E-state index is 0.408. The molecule has 23 heavy (non-hydrogen) atoms. The zero-order chi connectivity index (χ0) is 16.1. The van der Waals surface area contributed by atoms with E-state index in [1.807, 2.05) is 67.6 Å². The Kier molecular flexibility index (Phi) is 4.29. The number of nitrogens with zero attached hydrogens (tertiary/aromatic N) is 4. The van der Waals surface area contributed by atoms with Crippen molar-refractivity contribution in [2.45, 2.75) is 6.92 Å². The van der Waals surface area contributed by atoms with Gasteiger partial charge in [0.2, 0.25) is 0 Å². The monoisotopic (exact) mass is 304 g/mol. The quantitative estimate of drug-likeness (QED) is 0.517. The normalized spacial score (nSPS) is 14.2. The number of pyridine rings is 1. The van der Waals surface area contributed by atoms with E-state index in [0.29, 0.717) is 11.2 Å². The first-order valence-corrected chi connectivity index (χ1v) is 7.21. The van der Waals surface area contributed by atoms with E-state index in [-0.39, 0.29) is 0 Å². The molecule has 0 amide bonds. The van der Waals surface area contributed by atoms with E-state index in [1.54, 1.807) is 6.07 Å². The minimum atomic E-state index is 0.408. The first-order chi connectivity index (χ1) is 11.2. The number of allylic oxidation sites excluding steroid dienone is 4. The predicted octanol–water partition coefficient (Wildman–Crippen LogP) is 3.19. The van der Waals surface area contributed by atoms with Crippen LogP contribution in [-0.2, 0) is 0 Å². The second-order valence-corrected chi connectivity index (χ2v) is 5.02. The van der Waals surface area contributed by atoms with Gasteiger partial charge in [0.1, 0.15) is 0 Å². The maximum atomic E-state index is 9.73. The van der Waals surface area contributed by atoms with Crippen molar-refractivity contribution in [2.24, 2.45) is 15.2 Å². The summed E-state index contributed by atoms with van der Waals surface area (Å²) in [4.78, 5) is 4.51. The van der Waals surface area contributed by atoms with Gasteiger partial charge in [-0.05, 0) is 55.0 Å². The molecule has 1 aliphatic rings. The predicted molar refractivity (Wildman–Crippen MR) is 91.2 cm³/mol. The van der Waals surface area contributed by atoms with Crippen molar-refractivity contribution in [2.75, 3.05) is 0 Å². The number of aryl methyl sites for hydroxylation is 1. The highest BCUT2D eigenvalue weighted by atomic mass is 16.5. The van der Waals surface area contributed by atoms with Gasteiger partial charge in [-0.15, -0.1) is 10.2 Å². The summed E-state index contributed by atoms with van der Waals surface area (Å²) in [7, 11) is 0. The first-order valence-electron chi connectivity index (χ1n) is 7.21. The van der Waals surface area contributed by atoms with Crippen LogP contribution in [0.1, 0.15) is 5.56 Å². The Morgan fingerprint density at radius 1 is 0.826 bits per heavy atom. The summed E-state index contributed by atoms with van der Waals surface area (Å²) in [5, 5.41) is 18.0. The van der Waals surface area contributed by atoms with Crippen molar-refractivity contribution in [1.29, 1.82) is 0 Å². The Labute approximate surface area is 133 Å². The van der Waals surface area contributed by atoms with Crippen LogP contribution in [-0.4, -0.2) is 21.4 Å².